The molecule has 0 aliphatic heterocycles. The minimum atomic E-state index is -0.271. The van der Waals surface area contributed by atoms with Crippen LogP contribution in [0.5, 0.6) is 0 Å². The molecule has 0 amide bonds. The summed E-state index contributed by atoms with van der Waals surface area (Å²) in [6.07, 6.45) is 1.60. The van der Waals surface area contributed by atoms with Crippen molar-refractivity contribution in [3.63, 3.8) is 0 Å². The third kappa shape index (κ3) is 2.08. The van der Waals surface area contributed by atoms with Gasteiger partial charge in [0.25, 0.3) is 5.56 Å². The molecule has 1 aromatic carbocycles. The standard InChI is InChI=1S/C13H13N5O/c1-8-2-4-9(5-3-8)6-18-7-15-11-10(18)12(19)17-13(14)16-11/h2-5,7H,6H2,1H3,(H3,14,16,17,19). The van der Waals surface area contributed by atoms with E-state index in [1.165, 1.54) is 5.56 Å². The molecule has 0 saturated heterocycles. The normalized spacial score (nSPS) is 11.0. The number of hydrogen-bond acceptors (Lipinski definition) is 4. The Labute approximate surface area is 108 Å². The smallest absolute Gasteiger partial charge is 0.278 e. The van der Waals surface area contributed by atoms with Gasteiger partial charge in [-0.15, -0.1) is 0 Å². The lowest BCUT2D eigenvalue weighted by Crippen LogP contribution is -2.14. The predicted molar refractivity (Wildman–Crippen MR) is 72.8 cm³/mol. The van der Waals surface area contributed by atoms with Gasteiger partial charge in [-0.2, -0.15) is 4.98 Å². The highest BCUT2D eigenvalue weighted by Gasteiger charge is 2.09. The van der Waals surface area contributed by atoms with Crippen LogP contribution in [0, 0.1) is 6.92 Å². The van der Waals surface area contributed by atoms with E-state index in [1.54, 1.807) is 10.9 Å². The molecule has 0 fully saturated rings. The molecule has 0 unspecified atom stereocenters. The predicted octanol–water partition coefficient (Wildman–Crippen LogP) is 1.06. The third-order valence-corrected chi connectivity index (χ3v) is 2.97. The van der Waals surface area contributed by atoms with Crippen LogP contribution in [0.25, 0.3) is 11.2 Å². The summed E-state index contributed by atoms with van der Waals surface area (Å²) in [5.41, 5.74) is 8.32. The van der Waals surface area contributed by atoms with Gasteiger partial charge in [-0.1, -0.05) is 29.8 Å². The quantitative estimate of drug-likeness (QED) is 0.716. The lowest BCUT2D eigenvalue weighted by molar-refractivity contribution is 0.819. The summed E-state index contributed by atoms with van der Waals surface area (Å²) in [5.74, 6) is 0.0816. The van der Waals surface area contributed by atoms with Gasteiger partial charge in [0.1, 0.15) is 0 Å². The molecule has 0 aliphatic rings. The maximum absolute atomic E-state index is 11.9. The van der Waals surface area contributed by atoms with Gasteiger partial charge in [0.05, 0.1) is 6.33 Å². The van der Waals surface area contributed by atoms with E-state index < -0.39 is 0 Å². The van der Waals surface area contributed by atoms with E-state index in [-0.39, 0.29) is 11.5 Å². The van der Waals surface area contributed by atoms with Crippen molar-refractivity contribution in [3.05, 3.63) is 52.1 Å². The molecule has 0 atom stereocenters. The minimum absolute atomic E-state index is 0.0816. The number of aromatic amines is 1. The average molecular weight is 255 g/mol. The summed E-state index contributed by atoms with van der Waals surface area (Å²) in [5, 5.41) is 0. The van der Waals surface area contributed by atoms with Crippen LogP contribution in [0.4, 0.5) is 5.95 Å². The monoisotopic (exact) mass is 255 g/mol. The molecule has 3 N–H and O–H groups in total. The number of H-pyrrole nitrogens is 1. The Hall–Kier alpha value is -2.63. The second-order valence-corrected chi connectivity index (χ2v) is 4.48. The van der Waals surface area contributed by atoms with Crippen LogP contribution < -0.4 is 11.3 Å². The molecule has 3 aromatic rings. The highest BCUT2D eigenvalue weighted by molar-refractivity contribution is 5.70. The SMILES string of the molecule is Cc1ccc(Cn2cnc3nc(N)[nH]c(=O)c32)cc1. The number of imidazole rings is 1. The molecule has 0 bridgehead atoms. The fourth-order valence-electron chi connectivity index (χ4n) is 2.01. The van der Waals surface area contributed by atoms with E-state index in [0.29, 0.717) is 17.7 Å². The van der Waals surface area contributed by atoms with Gasteiger partial charge in [-0.05, 0) is 12.5 Å². The lowest BCUT2D eigenvalue weighted by atomic mass is 10.1. The highest BCUT2D eigenvalue weighted by atomic mass is 16.1. The molecule has 19 heavy (non-hydrogen) atoms. The van der Waals surface area contributed by atoms with Gasteiger partial charge in [0, 0.05) is 6.54 Å². The Kier molecular flexibility index (Phi) is 2.56. The molecular weight excluding hydrogens is 242 g/mol. The zero-order valence-electron chi connectivity index (χ0n) is 10.4. The van der Waals surface area contributed by atoms with Crippen molar-refractivity contribution in [2.75, 3.05) is 5.73 Å². The first-order valence-electron chi connectivity index (χ1n) is 5.89. The first-order valence-corrected chi connectivity index (χ1v) is 5.89. The number of benzene rings is 1. The van der Waals surface area contributed by atoms with E-state index in [4.69, 9.17) is 5.73 Å². The van der Waals surface area contributed by atoms with Crippen molar-refractivity contribution in [3.8, 4) is 0 Å². The van der Waals surface area contributed by atoms with Crippen molar-refractivity contribution >= 4 is 17.1 Å². The molecule has 0 radical (unpaired) electrons. The van der Waals surface area contributed by atoms with Crippen LogP contribution in [-0.4, -0.2) is 19.5 Å². The summed E-state index contributed by atoms with van der Waals surface area (Å²) >= 11 is 0. The number of fused-ring (bicyclic) bond motifs is 1. The Morgan fingerprint density at radius 1 is 1.32 bits per heavy atom. The van der Waals surface area contributed by atoms with E-state index in [1.807, 2.05) is 31.2 Å². The molecule has 3 rings (SSSR count). The van der Waals surface area contributed by atoms with Gasteiger partial charge < -0.3 is 10.3 Å². The fraction of sp³-hybridized carbons (Fsp3) is 0.154. The molecule has 0 saturated carbocycles. The first-order chi connectivity index (χ1) is 9.13. The van der Waals surface area contributed by atoms with E-state index >= 15 is 0 Å². The summed E-state index contributed by atoms with van der Waals surface area (Å²) in [4.78, 5) is 22.5. The summed E-state index contributed by atoms with van der Waals surface area (Å²) in [7, 11) is 0. The molecule has 2 aromatic heterocycles. The van der Waals surface area contributed by atoms with Gasteiger partial charge in [-0.25, -0.2) is 4.98 Å². The lowest BCUT2D eigenvalue weighted by Gasteiger charge is -2.04. The first kappa shape index (κ1) is 11.5. The molecule has 0 spiro atoms. The molecule has 96 valence electrons. The average Bonchev–Trinajstić information content (AvgIpc) is 2.75. The number of rotatable bonds is 2. The van der Waals surface area contributed by atoms with E-state index in [2.05, 4.69) is 15.0 Å². The summed E-state index contributed by atoms with van der Waals surface area (Å²) < 4.78 is 1.77. The zero-order valence-corrected chi connectivity index (χ0v) is 10.4. The van der Waals surface area contributed by atoms with Gasteiger partial charge in [0.2, 0.25) is 5.95 Å². The Bertz CT molecular complexity index is 785. The van der Waals surface area contributed by atoms with Gasteiger partial charge in [-0.3, -0.25) is 9.78 Å². The van der Waals surface area contributed by atoms with Crippen LogP contribution in [0.1, 0.15) is 11.1 Å². The van der Waals surface area contributed by atoms with E-state index in [9.17, 15) is 4.79 Å². The molecule has 6 heteroatoms. The number of anilines is 1. The van der Waals surface area contributed by atoms with Crippen LogP contribution >= 0.6 is 0 Å². The van der Waals surface area contributed by atoms with Crippen molar-refractivity contribution in [1.82, 2.24) is 19.5 Å². The topological polar surface area (TPSA) is 89.6 Å². The second kappa shape index (κ2) is 4.24. The number of nitrogen functional groups attached to an aromatic ring is 1. The zero-order chi connectivity index (χ0) is 13.4. The van der Waals surface area contributed by atoms with Crippen molar-refractivity contribution in [2.24, 2.45) is 0 Å². The van der Waals surface area contributed by atoms with Gasteiger partial charge in [0.15, 0.2) is 11.2 Å². The number of nitrogens with one attached hydrogen (secondary N) is 1. The molecule has 0 aliphatic carbocycles. The maximum Gasteiger partial charge on any atom is 0.278 e. The maximum atomic E-state index is 11.9. The molecule has 6 nitrogen and oxygen atoms in total. The number of nitrogens with two attached hydrogens (primary N) is 1. The van der Waals surface area contributed by atoms with Crippen molar-refractivity contribution < 1.29 is 0 Å². The van der Waals surface area contributed by atoms with Crippen molar-refractivity contribution in [1.29, 1.82) is 0 Å². The summed E-state index contributed by atoms with van der Waals surface area (Å²) in [6, 6.07) is 8.13. The number of hydrogen-bond donors (Lipinski definition) is 2. The number of aromatic nitrogens is 4. The molecular formula is C13H13N5O. The van der Waals surface area contributed by atoms with Crippen LogP contribution in [0.15, 0.2) is 35.4 Å². The number of nitrogens with zero attached hydrogens (tertiary/aromatic N) is 3. The highest BCUT2D eigenvalue weighted by Crippen LogP contribution is 2.10. The van der Waals surface area contributed by atoms with Gasteiger partial charge >= 0.3 is 0 Å². The van der Waals surface area contributed by atoms with Crippen LogP contribution in [0.2, 0.25) is 0 Å². The van der Waals surface area contributed by atoms with Crippen LogP contribution in [0.3, 0.4) is 0 Å². The largest absolute Gasteiger partial charge is 0.369 e. The minimum Gasteiger partial charge on any atom is -0.369 e. The van der Waals surface area contributed by atoms with Crippen LogP contribution in [-0.2, 0) is 6.54 Å². The summed E-state index contributed by atoms with van der Waals surface area (Å²) in [6.45, 7) is 2.61. The Balaban J connectivity index is 2.06. The number of aryl methyl sites for hydroxylation is 1. The Morgan fingerprint density at radius 2 is 2.05 bits per heavy atom. The third-order valence-electron chi connectivity index (χ3n) is 2.97. The fourth-order valence-corrected chi connectivity index (χ4v) is 2.01. The Morgan fingerprint density at radius 3 is 2.79 bits per heavy atom. The molecule has 2 heterocycles. The second-order valence-electron chi connectivity index (χ2n) is 4.48. The van der Waals surface area contributed by atoms with E-state index in [0.717, 1.165) is 5.56 Å². The van der Waals surface area contributed by atoms with Crippen molar-refractivity contribution in [2.45, 2.75) is 13.5 Å².